The van der Waals surface area contributed by atoms with E-state index in [0.717, 1.165) is 38.2 Å². The van der Waals surface area contributed by atoms with Crippen molar-refractivity contribution >= 4 is 23.7 Å². The number of rotatable bonds is 5. The van der Waals surface area contributed by atoms with E-state index in [1.54, 1.807) is 23.6 Å². The minimum absolute atomic E-state index is 0.0639. The Balaban J connectivity index is 0.000000500. The molecule has 49 heavy (non-hydrogen) atoms. The van der Waals surface area contributed by atoms with Crippen LogP contribution in [0.5, 0.6) is 0 Å². The number of amides is 1. The number of nitrogens with one attached hydrogen (secondary N) is 1. The number of carboxylic acid groups (broad SMARTS) is 2. The number of aromatic nitrogens is 1. The van der Waals surface area contributed by atoms with E-state index in [-0.39, 0.29) is 17.8 Å². The maximum atomic E-state index is 13.8. The molecule has 4 N–H and O–H groups in total. The molecule has 0 radical (unpaired) electrons. The summed E-state index contributed by atoms with van der Waals surface area (Å²) >= 11 is 0. The molecule has 2 unspecified atom stereocenters. The molecule has 0 aromatic carbocycles. The van der Waals surface area contributed by atoms with Crippen LogP contribution in [-0.4, -0.2) is 112 Å². The summed E-state index contributed by atoms with van der Waals surface area (Å²) in [5.41, 5.74) is -2.82. The number of ether oxygens (including phenoxy) is 1. The molecule has 11 nitrogen and oxygen atoms in total. The lowest BCUT2D eigenvalue weighted by atomic mass is 9.70. The number of piperazine rings is 1. The van der Waals surface area contributed by atoms with Crippen LogP contribution in [0, 0.1) is 11.3 Å². The van der Waals surface area contributed by atoms with Crippen molar-refractivity contribution < 1.29 is 74.0 Å². The lowest BCUT2D eigenvalue weighted by Gasteiger charge is -2.45. The molecule has 280 valence electrons. The molecule has 4 rings (SSSR count). The van der Waals surface area contributed by atoms with Crippen molar-refractivity contribution in [3.8, 4) is 0 Å². The highest BCUT2D eigenvalue weighted by atomic mass is 19.4. The van der Waals surface area contributed by atoms with E-state index in [4.69, 9.17) is 24.5 Å². The van der Waals surface area contributed by atoms with Crippen molar-refractivity contribution in [3.63, 3.8) is 0 Å². The maximum absolute atomic E-state index is 13.8. The van der Waals surface area contributed by atoms with E-state index < -0.39 is 47.0 Å². The summed E-state index contributed by atoms with van der Waals surface area (Å²) in [5.74, 6) is -4.92. The Bertz CT molecular complexity index is 1260. The van der Waals surface area contributed by atoms with Gasteiger partial charge in [0.1, 0.15) is 5.82 Å². The zero-order valence-corrected chi connectivity index (χ0v) is 26.8. The van der Waals surface area contributed by atoms with Crippen molar-refractivity contribution in [3.05, 3.63) is 23.9 Å². The second-order valence-electron chi connectivity index (χ2n) is 12.5. The van der Waals surface area contributed by atoms with Crippen LogP contribution in [0.4, 0.5) is 45.3 Å². The number of carboxylic acids is 2. The average molecular weight is 727 g/mol. The van der Waals surface area contributed by atoms with Gasteiger partial charge in [0.05, 0.1) is 23.2 Å². The number of aliphatic carboxylic acids is 2. The summed E-state index contributed by atoms with van der Waals surface area (Å²) in [7, 11) is 0. The van der Waals surface area contributed by atoms with Gasteiger partial charge in [-0.25, -0.2) is 14.6 Å². The van der Waals surface area contributed by atoms with Crippen LogP contribution in [0.3, 0.4) is 0 Å². The van der Waals surface area contributed by atoms with E-state index in [2.05, 4.69) is 17.2 Å². The first kappa shape index (κ1) is 41.8. The number of hydrogen-bond acceptors (Lipinski definition) is 8. The van der Waals surface area contributed by atoms with Gasteiger partial charge in [-0.1, -0.05) is 6.92 Å². The Kier molecular flexibility index (Phi) is 13.7. The minimum Gasteiger partial charge on any atom is -0.475 e. The van der Waals surface area contributed by atoms with Gasteiger partial charge in [-0.2, -0.15) is 39.5 Å². The number of aliphatic hydroxyl groups is 1. The predicted octanol–water partition coefficient (Wildman–Crippen LogP) is 4.34. The quantitative estimate of drug-likeness (QED) is 0.323. The molecule has 3 aliphatic rings. The van der Waals surface area contributed by atoms with Gasteiger partial charge in [0, 0.05) is 51.1 Å². The second-order valence-corrected chi connectivity index (χ2v) is 12.5. The molecule has 3 fully saturated rings. The molecular formula is C29H39F9N4O7. The zero-order chi connectivity index (χ0) is 37.6. The number of halogens is 9. The van der Waals surface area contributed by atoms with Crippen LogP contribution in [-0.2, 0) is 25.3 Å². The molecule has 1 saturated carbocycles. The lowest BCUT2D eigenvalue weighted by molar-refractivity contribution is -0.193. The maximum Gasteiger partial charge on any atom is 0.490 e. The molecule has 1 aliphatic carbocycles. The molecule has 1 aromatic heterocycles. The summed E-state index contributed by atoms with van der Waals surface area (Å²) in [6.45, 7) is 8.60. The Morgan fingerprint density at radius 1 is 0.939 bits per heavy atom. The SMILES string of the molecule is CC1COCCC1N[C@H]1CC[C@](C(=O)N2CCN(c3cc(C(F)(F)F)ccn3)CC2)(C(C)(C)O)C1.O=C(O)C(F)(F)F.O=C(O)C(F)(F)F. The fraction of sp³-hybridized carbons (Fsp3) is 0.724. The summed E-state index contributed by atoms with van der Waals surface area (Å²) in [6, 6.07) is 2.50. The molecular weight excluding hydrogens is 687 g/mol. The van der Waals surface area contributed by atoms with E-state index in [0.29, 0.717) is 51.0 Å². The predicted molar refractivity (Wildman–Crippen MR) is 153 cm³/mol. The highest BCUT2D eigenvalue weighted by Crippen LogP contribution is 2.48. The van der Waals surface area contributed by atoms with Gasteiger partial charge in [-0.15, -0.1) is 0 Å². The van der Waals surface area contributed by atoms with Gasteiger partial charge < -0.3 is 35.2 Å². The standard InChI is InChI=1S/C25H37F3N4O3.2C2HF3O2/c1-17-16-35-13-6-20(17)30-19-4-7-24(15-19,23(2,3)34)22(33)32-11-9-31(10-12-32)21-14-18(5-8-29-21)25(26,27)28;2*3-2(4,5)1(6)7/h5,8,14,17,19-20,30,34H,4,6-7,9-13,15-16H2,1-3H3;2*(H,6,7)/t17?,19-,20?,24-;;/m0../s1. The highest BCUT2D eigenvalue weighted by molar-refractivity contribution is 5.85. The largest absolute Gasteiger partial charge is 0.490 e. The first-order chi connectivity index (χ1) is 22.3. The van der Waals surface area contributed by atoms with Crippen LogP contribution >= 0.6 is 0 Å². The number of pyridine rings is 1. The molecule has 20 heteroatoms. The number of alkyl halides is 9. The Morgan fingerprint density at radius 2 is 1.47 bits per heavy atom. The monoisotopic (exact) mass is 726 g/mol. The molecule has 4 atom stereocenters. The molecule has 2 saturated heterocycles. The van der Waals surface area contributed by atoms with Crippen LogP contribution < -0.4 is 10.2 Å². The third kappa shape index (κ3) is 11.6. The highest BCUT2D eigenvalue weighted by Gasteiger charge is 2.56. The van der Waals surface area contributed by atoms with Crippen LogP contribution in [0.2, 0.25) is 0 Å². The summed E-state index contributed by atoms with van der Waals surface area (Å²) in [6.07, 6.45) is -10.5. The molecule has 0 bridgehead atoms. The van der Waals surface area contributed by atoms with Gasteiger partial charge in [-0.3, -0.25) is 4.79 Å². The van der Waals surface area contributed by atoms with E-state index in [1.165, 1.54) is 6.20 Å². The van der Waals surface area contributed by atoms with Gasteiger partial charge in [0.25, 0.3) is 0 Å². The number of anilines is 1. The first-order valence-corrected chi connectivity index (χ1v) is 15.0. The van der Waals surface area contributed by atoms with Crippen LogP contribution in [0.25, 0.3) is 0 Å². The molecule has 0 spiro atoms. The van der Waals surface area contributed by atoms with E-state index >= 15 is 0 Å². The Morgan fingerprint density at radius 3 is 1.92 bits per heavy atom. The number of carbonyl (C=O) groups is 3. The molecule has 3 heterocycles. The van der Waals surface area contributed by atoms with E-state index in [1.807, 2.05) is 0 Å². The summed E-state index contributed by atoms with van der Waals surface area (Å²) in [4.78, 5) is 39.3. The zero-order valence-electron chi connectivity index (χ0n) is 26.8. The first-order valence-electron chi connectivity index (χ1n) is 15.0. The average Bonchev–Trinajstić information content (AvgIpc) is 3.43. The molecule has 1 aromatic rings. The topological polar surface area (TPSA) is 153 Å². The lowest BCUT2D eigenvalue weighted by Crippen LogP contribution is -2.59. The fourth-order valence-corrected chi connectivity index (χ4v) is 5.84. The van der Waals surface area contributed by atoms with Crippen LogP contribution in [0.1, 0.15) is 52.0 Å². The van der Waals surface area contributed by atoms with Gasteiger partial charge >= 0.3 is 30.5 Å². The number of nitrogens with zero attached hydrogens (tertiary/aromatic N) is 3. The van der Waals surface area contributed by atoms with Gasteiger partial charge in [-0.05, 0) is 57.6 Å². The Hall–Kier alpha value is -3.39. The van der Waals surface area contributed by atoms with Crippen molar-refractivity contribution in [1.82, 2.24) is 15.2 Å². The second kappa shape index (κ2) is 16.1. The third-order valence-corrected chi connectivity index (χ3v) is 8.63. The number of hydrogen-bond donors (Lipinski definition) is 4. The molecule has 1 amide bonds. The van der Waals surface area contributed by atoms with E-state index in [9.17, 15) is 49.4 Å². The van der Waals surface area contributed by atoms with Gasteiger partial charge in [0.15, 0.2) is 0 Å². The smallest absolute Gasteiger partial charge is 0.475 e. The summed E-state index contributed by atoms with van der Waals surface area (Å²) in [5, 5.41) is 29.1. The van der Waals surface area contributed by atoms with Crippen molar-refractivity contribution in [1.29, 1.82) is 0 Å². The van der Waals surface area contributed by atoms with Crippen molar-refractivity contribution in [2.75, 3.05) is 44.3 Å². The minimum atomic E-state index is -5.08. The fourth-order valence-electron chi connectivity index (χ4n) is 5.84. The normalized spacial score (nSPS) is 25.0. The Labute approximate surface area is 275 Å². The van der Waals surface area contributed by atoms with Crippen molar-refractivity contribution in [2.24, 2.45) is 11.3 Å². The molecule has 2 aliphatic heterocycles. The third-order valence-electron chi connectivity index (χ3n) is 8.63. The van der Waals surface area contributed by atoms with Crippen molar-refractivity contribution in [2.45, 2.75) is 82.7 Å². The van der Waals surface area contributed by atoms with Gasteiger partial charge in [0.2, 0.25) is 5.91 Å². The van der Waals surface area contributed by atoms with Crippen LogP contribution in [0.15, 0.2) is 18.3 Å². The number of carbonyl (C=O) groups excluding carboxylic acids is 1. The summed E-state index contributed by atoms with van der Waals surface area (Å²) < 4.78 is 108.